The zero-order valence-corrected chi connectivity index (χ0v) is 10.8. The van der Waals surface area contributed by atoms with Gasteiger partial charge in [-0.1, -0.05) is 0 Å². The zero-order valence-electron chi connectivity index (χ0n) is 10.0. The summed E-state index contributed by atoms with van der Waals surface area (Å²) in [4.78, 5) is 10.8. The van der Waals surface area contributed by atoms with Crippen LogP contribution in [-0.4, -0.2) is 21.0 Å². The topological polar surface area (TPSA) is 64.3 Å². The first-order valence-electron chi connectivity index (χ1n) is 5.28. The van der Waals surface area contributed by atoms with Crippen molar-refractivity contribution >= 4 is 16.1 Å². The number of hydrogen-bond acceptors (Lipinski definition) is 4. The molecule has 0 aliphatic carbocycles. The predicted octanol–water partition coefficient (Wildman–Crippen LogP) is 2.47. The van der Waals surface area contributed by atoms with Crippen LogP contribution in [0.1, 0.15) is 16.1 Å². The van der Waals surface area contributed by atoms with Crippen LogP contribution in [0.4, 0.5) is 0 Å². The van der Waals surface area contributed by atoms with Gasteiger partial charge in [-0.2, -0.15) is 0 Å². The molecule has 0 spiro atoms. The highest BCUT2D eigenvalue weighted by Gasteiger charge is 2.12. The molecular formula is C13H12O4S. The fourth-order valence-corrected chi connectivity index (χ4v) is 2.41. The van der Waals surface area contributed by atoms with E-state index in [1.165, 1.54) is 12.3 Å². The standard InChI is InChI=1S/C13H12O4S/c1-9-7-11(18(2,15)16)4-5-12(9)13-6-3-10(8-14)17-13/h3-8H,1-2H3. The van der Waals surface area contributed by atoms with Crippen molar-refractivity contribution in [1.29, 1.82) is 0 Å². The summed E-state index contributed by atoms with van der Waals surface area (Å²) in [5.41, 5.74) is 1.56. The number of furan rings is 1. The summed E-state index contributed by atoms with van der Waals surface area (Å²) in [6.07, 6.45) is 1.79. The second-order valence-electron chi connectivity index (χ2n) is 4.07. The van der Waals surface area contributed by atoms with Crippen molar-refractivity contribution in [2.45, 2.75) is 11.8 Å². The first-order chi connectivity index (χ1) is 8.41. The van der Waals surface area contributed by atoms with E-state index in [4.69, 9.17) is 4.42 Å². The van der Waals surface area contributed by atoms with Crippen molar-refractivity contribution in [3.05, 3.63) is 41.7 Å². The molecule has 4 nitrogen and oxygen atoms in total. The molecule has 0 fully saturated rings. The monoisotopic (exact) mass is 264 g/mol. The molecule has 0 N–H and O–H groups in total. The van der Waals surface area contributed by atoms with E-state index in [2.05, 4.69) is 0 Å². The molecule has 0 radical (unpaired) electrons. The third kappa shape index (κ3) is 2.36. The number of aryl methyl sites for hydroxylation is 1. The largest absolute Gasteiger partial charge is 0.453 e. The summed E-state index contributed by atoms with van der Waals surface area (Å²) in [6, 6.07) is 8.06. The van der Waals surface area contributed by atoms with Gasteiger partial charge in [-0.05, 0) is 42.8 Å². The lowest BCUT2D eigenvalue weighted by molar-refractivity contribution is 0.110. The number of carbonyl (C=O) groups is 1. The molecule has 94 valence electrons. The van der Waals surface area contributed by atoms with E-state index in [0.717, 1.165) is 11.1 Å². The second-order valence-corrected chi connectivity index (χ2v) is 6.08. The smallest absolute Gasteiger partial charge is 0.185 e. The molecule has 0 unspecified atom stereocenters. The number of aldehydes is 1. The Morgan fingerprint density at radius 1 is 1.17 bits per heavy atom. The first-order valence-corrected chi connectivity index (χ1v) is 7.17. The highest BCUT2D eigenvalue weighted by Crippen LogP contribution is 2.27. The Hall–Kier alpha value is -1.88. The molecule has 0 aliphatic rings. The molecule has 18 heavy (non-hydrogen) atoms. The van der Waals surface area contributed by atoms with Gasteiger partial charge in [0.25, 0.3) is 0 Å². The van der Waals surface area contributed by atoms with Crippen molar-refractivity contribution in [3.8, 4) is 11.3 Å². The Labute approximate surface area is 105 Å². The van der Waals surface area contributed by atoms with Gasteiger partial charge in [0.2, 0.25) is 0 Å². The summed E-state index contributed by atoms with van der Waals surface area (Å²) in [5.74, 6) is 0.797. The van der Waals surface area contributed by atoms with E-state index in [1.54, 1.807) is 31.2 Å². The molecule has 0 aliphatic heterocycles. The van der Waals surface area contributed by atoms with E-state index in [9.17, 15) is 13.2 Å². The number of benzene rings is 1. The molecule has 0 saturated heterocycles. The Bertz CT molecular complexity index is 696. The third-order valence-corrected chi connectivity index (χ3v) is 3.74. The lowest BCUT2D eigenvalue weighted by Gasteiger charge is -2.05. The van der Waals surface area contributed by atoms with Crippen molar-refractivity contribution in [3.63, 3.8) is 0 Å². The van der Waals surface area contributed by atoms with Crippen LogP contribution in [0.15, 0.2) is 39.6 Å². The molecule has 2 rings (SSSR count). The minimum atomic E-state index is -3.21. The van der Waals surface area contributed by atoms with Gasteiger partial charge in [0.1, 0.15) is 5.76 Å². The van der Waals surface area contributed by atoms with E-state index in [-0.39, 0.29) is 10.7 Å². The molecule has 1 aromatic carbocycles. The minimum absolute atomic E-state index is 0.247. The van der Waals surface area contributed by atoms with Crippen molar-refractivity contribution in [2.24, 2.45) is 0 Å². The van der Waals surface area contributed by atoms with Crippen LogP contribution >= 0.6 is 0 Å². The van der Waals surface area contributed by atoms with E-state index in [1.807, 2.05) is 0 Å². The fourth-order valence-electron chi connectivity index (χ4n) is 1.70. The lowest BCUT2D eigenvalue weighted by atomic mass is 10.1. The lowest BCUT2D eigenvalue weighted by Crippen LogP contribution is -1.97. The quantitative estimate of drug-likeness (QED) is 0.799. The van der Waals surface area contributed by atoms with Crippen LogP contribution in [-0.2, 0) is 9.84 Å². The SMILES string of the molecule is Cc1cc(S(C)(=O)=O)ccc1-c1ccc(C=O)o1. The van der Waals surface area contributed by atoms with Crippen LogP contribution < -0.4 is 0 Å². The van der Waals surface area contributed by atoms with Gasteiger partial charge in [-0.25, -0.2) is 8.42 Å². The summed E-state index contributed by atoms with van der Waals surface area (Å²) in [7, 11) is -3.21. The van der Waals surface area contributed by atoms with E-state index < -0.39 is 9.84 Å². The van der Waals surface area contributed by atoms with Crippen LogP contribution in [0.3, 0.4) is 0 Å². The average molecular weight is 264 g/mol. The molecular weight excluding hydrogens is 252 g/mol. The summed E-state index contributed by atoms with van der Waals surface area (Å²) in [6.45, 7) is 1.80. The summed E-state index contributed by atoms with van der Waals surface area (Å²) >= 11 is 0. The third-order valence-electron chi connectivity index (χ3n) is 2.63. The first kappa shape index (κ1) is 12.6. The Kier molecular flexibility index (Phi) is 3.09. The highest BCUT2D eigenvalue weighted by atomic mass is 32.2. The molecule has 0 atom stereocenters. The maximum absolute atomic E-state index is 11.4. The van der Waals surface area contributed by atoms with E-state index in [0.29, 0.717) is 12.0 Å². The minimum Gasteiger partial charge on any atom is -0.453 e. The molecule has 1 aromatic heterocycles. The Balaban J connectivity index is 2.51. The van der Waals surface area contributed by atoms with Gasteiger partial charge in [-0.15, -0.1) is 0 Å². The summed E-state index contributed by atoms with van der Waals surface area (Å²) < 4.78 is 28.1. The average Bonchev–Trinajstić information content (AvgIpc) is 2.76. The van der Waals surface area contributed by atoms with Crippen LogP contribution in [0, 0.1) is 6.92 Å². The molecule has 0 saturated carbocycles. The van der Waals surface area contributed by atoms with Gasteiger partial charge in [-0.3, -0.25) is 4.79 Å². The number of rotatable bonds is 3. The van der Waals surface area contributed by atoms with Crippen molar-refractivity contribution in [1.82, 2.24) is 0 Å². The predicted molar refractivity (Wildman–Crippen MR) is 67.4 cm³/mol. The van der Waals surface area contributed by atoms with Gasteiger partial charge >= 0.3 is 0 Å². The van der Waals surface area contributed by atoms with Crippen molar-refractivity contribution in [2.75, 3.05) is 6.26 Å². The maximum atomic E-state index is 11.4. The van der Waals surface area contributed by atoms with E-state index >= 15 is 0 Å². The number of hydrogen-bond donors (Lipinski definition) is 0. The molecule has 5 heteroatoms. The molecule has 0 bridgehead atoms. The molecule has 0 amide bonds. The molecule has 2 aromatic rings. The van der Waals surface area contributed by atoms with Gasteiger partial charge < -0.3 is 4.42 Å². The van der Waals surface area contributed by atoms with Crippen LogP contribution in [0.2, 0.25) is 0 Å². The Morgan fingerprint density at radius 3 is 2.39 bits per heavy atom. The number of sulfone groups is 1. The summed E-state index contributed by atoms with van der Waals surface area (Å²) in [5, 5.41) is 0. The highest BCUT2D eigenvalue weighted by molar-refractivity contribution is 7.90. The van der Waals surface area contributed by atoms with Gasteiger partial charge in [0, 0.05) is 11.8 Å². The van der Waals surface area contributed by atoms with Gasteiger partial charge in [0.15, 0.2) is 21.9 Å². The van der Waals surface area contributed by atoms with Crippen LogP contribution in [0.5, 0.6) is 0 Å². The zero-order chi connectivity index (χ0) is 13.3. The van der Waals surface area contributed by atoms with Gasteiger partial charge in [0.05, 0.1) is 4.90 Å². The normalized spacial score (nSPS) is 11.4. The Morgan fingerprint density at radius 2 is 1.89 bits per heavy atom. The number of carbonyl (C=O) groups excluding carboxylic acids is 1. The van der Waals surface area contributed by atoms with Crippen molar-refractivity contribution < 1.29 is 17.6 Å². The second kappa shape index (κ2) is 4.42. The molecule has 1 heterocycles. The van der Waals surface area contributed by atoms with Crippen LogP contribution in [0.25, 0.3) is 11.3 Å². The maximum Gasteiger partial charge on any atom is 0.185 e. The fraction of sp³-hybridized carbons (Fsp3) is 0.154.